The number of carboxylic acid groups (broad SMARTS) is 1. The van der Waals surface area contributed by atoms with Crippen molar-refractivity contribution in [1.82, 2.24) is 4.98 Å². The van der Waals surface area contributed by atoms with E-state index in [-0.39, 0.29) is 12.3 Å². The van der Waals surface area contributed by atoms with Crippen molar-refractivity contribution in [2.24, 2.45) is 0 Å². The summed E-state index contributed by atoms with van der Waals surface area (Å²) in [7, 11) is 0. The molecule has 2 N–H and O–H groups in total. The Morgan fingerprint density at radius 3 is 3.13 bits per heavy atom. The number of hydrogen-bond donors (Lipinski definition) is 2. The van der Waals surface area contributed by atoms with Crippen molar-refractivity contribution in [3.63, 3.8) is 0 Å². The molecule has 15 heavy (non-hydrogen) atoms. The molecule has 0 fully saturated rings. The molecule has 2 rings (SSSR count). The third-order valence-electron chi connectivity index (χ3n) is 2.92. The Morgan fingerprint density at radius 1 is 1.67 bits per heavy atom. The number of carboxylic acids is 1. The Balaban J connectivity index is 2.28. The number of carbonyl (C=O) groups excluding carboxylic acids is 1. The molecule has 0 saturated carbocycles. The lowest BCUT2D eigenvalue weighted by molar-refractivity contribution is -0.137. The summed E-state index contributed by atoms with van der Waals surface area (Å²) in [6, 6.07) is 1.79. The summed E-state index contributed by atoms with van der Waals surface area (Å²) < 4.78 is 0. The van der Waals surface area contributed by atoms with Crippen LogP contribution in [-0.4, -0.2) is 22.3 Å². The molecule has 0 saturated heterocycles. The van der Waals surface area contributed by atoms with E-state index in [4.69, 9.17) is 5.11 Å². The van der Waals surface area contributed by atoms with Crippen LogP contribution in [0.15, 0.2) is 6.07 Å². The number of hydrogen-bond acceptors (Lipinski definition) is 2. The second-order valence-electron chi connectivity index (χ2n) is 3.96. The molecule has 80 valence electrons. The molecule has 0 aliphatic heterocycles. The average molecular weight is 207 g/mol. The molecule has 1 aliphatic carbocycles. The van der Waals surface area contributed by atoms with Gasteiger partial charge in [0.2, 0.25) is 0 Å². The second-order valence-corrected chi connectivity index (χ2v) is 3.96. The number of aliphatic carboxylic acids is 1. The Bertz CT molecular complexity index is 395. The summed E-state index contributed by atoms with van der Waals surface area (Å²) >= 11 is 0. The van der Waals surface area contributed by atoms with Crippen LogP contribution in [0.3, 0.4) is 0 Å². The maximum atomic E-state index is 10.7. The number of rotatable bonds is 3. The lowest BCUT2D eigenvalue weighted by Crippen LogP contribution is -2.12. The fourth-order valence-electron chi connectivity index (χ4n) is 2.28. The monoisotopic (exact) mass is 207 g/mol. The van der Waals surface area contributed by atoms with Crippen LogP contribution in [0.5, 0.6) is 0 Å². The topological polar surface area (TPSA) is 70.2 Å². The third kappa shape index (κ3) is 1.93. The lowest BCUT2D eigenvalue weighted by atomic mass is 9.85. The molecule has 0 radical (unpaired) electrons. The van der Waals surface area contributed by atoms with Crippen molar-refractivity contribution in [3.8, 4) is 0 Å². The van der Waals surface area contributed by atoms with Gasteiger partial charge >= 0.3 is 5.97 Å². The maximum absolute atomic E-state index is 10.7. The Morgan fingerprint density at radius 2 is 2.47 bits per heavy atom. The summed E-state index contributed by atoms with van der Waals surface area (Å²) in [5.74, 6) is -0.710. The van der Waals surface area contributed by atoms with Crippen molar-refractivity contribution >= 4 is 12.3 Å². The minimum atomic E-state index is -0.776. The normalized spacial score (nSPS) is 19.6. The molecule has 1 atom stereocenters. The molecule has 0 spiro atoms. The molecule has 0 aromatic carbocycles. The van der Waals surface area contributed by atoms with Gasteiger partial charge in [-0.3, -0.25) is 9.59 Å². The first-order valence-corrected chi connectivity index (χ1v) is 5.09. The van der Waals surface area contributed by atoms with Crippen LogP contribution < -0.4 is 0 Å². The maximum Gasteiger partial charge on any atom is 0.303 e. The standard InChI is InChI=1S/C11H13NO3/c13-6-8-5-9-7(4-11(14)15)2-1-3-10(9)12-8/h5-7,12H,1-4H2,(H,14,15). The van der Waals surface area contributed by atoms with Crippen LogP contribution in [0.4, 0.5) is 0 Å². The highest BCUT2D eigenvalue weighted by atomic mass is 16.4. The highest BCUT2D eigenvalue weighted by Gasteiger charge is 2.24. The van der Waals surface area contributed by atoms with Gasteiger partial charge in [0.05, 0.1) is 12.1 Å². The quantitative estimate of drug-likeness (QED) is 0.741. The fourth-order valence-corrected chi connectivity index (χ4v) is 2.28. The molecule has 1 aromatic rings. The number of aldehydes is 1. The molecule has 1 aromatic heterocycles. The van der Waals surface area contributed by atoms with Crippen molar-refractivity contribution in [2.75, 3.05) is 0 Å². The Hall–Kier alpha value is -1.58. The van der Waals surface area contributed by atoms with E-state index in [9.17, 15) is 9.59 Å². The molecule has 4 heteroatoms. The minimum absolute atomic E-state index is 0.0659. The van der Waals surface area contributed by atoms with E-state index in [1.54, 1.807) is 6.07 Å². The Labute approximate surface area is 87.3 Å². The summed E-state index contributed by atoms with van der Waals surface area (Å²) in [6.45, 7) is 0. The molecular weight excluding hydrogens is 194 g/mol. The zero-order valence-corrected chi connectivity index (χ0v) is 8.32. The van der Waals surface area contributed by atoms with E-state index in [0.717, 1.165) is 36.8 Å². The van der Waals surface area contributed by atoms with E-state index in [2.05, 4.69) is 4.98 Å². The van der Waals surface area contributed by atoms with E-state index >= 15 is 0 Å². The van der Waals surface area contributed by atoms with E-state index in [1.165, 1.54) is 0 Å². The van der Waals surface area contributed by atoms with Crippen LogP contribution in [0, 0.1) is 0 Å². The first-order valence-electron chi connectivity index (χ1n) is 5.09. The largest absolute Gasteiger partial charge is 0.481 e. The van der Waals surface area contributed by atoms with E-state index < -0.39 is 5.97 Å². The highest BCUT2D eigenvalue weighted by molar-refractivity contribution is 5.74. The van der Waals surface area contributed by atoms with Crippen LogP contribution in [-0.2, 0) is 11.2 Å². The number of fused-ring (bicyclic) bond motifs is 1. The smallest absolute Gasteiger partial charge is 0.303 e. The van der Waals surface area contributed by atoms with Crippen LogP contribution in [0.25, 0.3) is 0 Å². The van der Waals surface area contributed by atoms with Crippen LogP contribution in [0.2, 0.25) is 0 Å². The molecule has 1 heterocycles. The summed E-state index contributed by atoms with van der Waals surface area (Å²) in [6.07, 6.45) is 3.73. The number of H-pyrrole nitrogens is 1. The van der Waals surface area contributed by atoms with Crippen molar-refractivity contribution in [3.05, 3.63) is 23.0 Å². The molecular formula is C11H13NO3. The van der Waals surface area contributed by atoms with Gasteiger partial charge in [0.25, 0.3) is 0 Å². The van der Waals surface area contributed by atoms with Gasteiger partial charge in [-0.25, -0.2) is 0 Å². The SMILES string of the molecule is O=Cc1cc2c([nH]1)CCCC2CC(=O)O. The first-order chi connectivity index (χ1) is 7.20. The number of aromatic amines is 1. The van der Waals surface area contributed by atoms with Crippen LogP contribution >= 0.6 is 0 Å². The van der Waals surface area contributed by atoms with Gasteiger partial charge in [-0.05, 0) is 36.8 Å². The van der Waals surface area contributed by atoms with Gasteiger partial charge in [0, 0.05) is 5.69 Å². The number of carbonyl (C=O) groups is 2. The predicted octanol–water partition coefficient (Wildman–Crippen LogP) is 1.72. The van der Waals surface area contributed by atoms with Crippen molar-refractivity contribution in [1.29, 1.82) is 0 Å². The van der Waals surface area contributed by atoms with Crippen molar-refractivity contribution < 1.29 is 14.7 Å². The zero-order valence-electron chi connectivity index (χ0n) is 8.32. The van der Waals surface area contributed by atoms with Gasteiger partial charge in [0.1, 0.15) is 0 Å². The van der Waals surface area contributed by atoms with Gasteiger partial charge in [-0.2, -0.15) is 0 Å². The average Bonchev–Trinajstić information content (AvgIpc) is 2.61. The second kappa shape index (κ2) is 3.88. The fraction of sp³-hybridized carbons (Fsp3) is 0.455. The number of nitrogens with one attached hydrogen (secondary N) is 1. The summed E-state index contributed by atoms with van der Waals surface area (Å²) in [5, 5.41) is 8.78. The van der Waals surface area contributed by atoms with Gasteiger partial charge in [-0.15, -0.1) is 0 Å². The Kier molecular flexibility index (Phi) is 2.58. The summed E-state index contributed by atoms with van der Waals surface area (Å²) in [4.78, 5) is 24.3. The molecule has 0 amide bonds. The van der Waals surface area contributed by atoms with Gasteiger partial charge < -0.3 is 10.1 Å². The number of aryl methyl sites for hydroxylation is 1. The number of aromatic nitrogens is 1. The van der Waals surface area contributed by atoms with Crippen molar-refractivity contribution in [2.45, 2.75) is 31.6 Å². The summed E-state index contributed by atoms with van der Waals surface area (Å²) in [5.41, 5.74) is 2.61. The van der Waals surface area contributed by atoms with Gasteiger partial charge in [0.15, 0.2) is 6.29 Å². The van der Waals surface area contributed by atoms with Crippen LogP contribution in [0.1, 0.15) is 46.9 Å². The first kappa shape index (κ1) is 9.96. The van der Waals surface area contributed by atoms with E-state index in [1.807, 2.05) is 0 Å². The van der Waals surface area contributed by atoms with E-state index in [0.29, 0.717) is 5.69 Å². The molecule has 0 bridgehead atoms. The third-order valence-corrected chi connectivity index (χ3v) is 2.92. The van der Waals surface area contributed by atoms with Gasteiger partial charge in [-0.1, -0.05) is 0 Å². The lowest BCUT2D eigenvalue weighted by Gasteiger charge is -2.20. The molecule has 1 unspecified atom stereocenters. The molecule has 1 aliphatic rings. The molecule has 4 nitrogen and oxygen atoms in total. The zero-order chi connectivity index (χ0) is 10.8. The minimum Gasteiger partial charge on any atom is -0.481 e. The highest BCUT2D eigenvalue weighted by Crippen LogP contribution is 2.34. The predicted molar refractivity (Wildman–Crippen MR) is 54.1 cm³/mol.